The summed E-state index contributed by atoms with van der Waals surface area (Å²) in [5.41, 5.74) is 1.33. The predicted octanol–water partition coefficient (Wildman–Crippen LogP) is 2.13. The van der Waals surface area contributed by atoms with Crippen molar-refractivity contribution in [3.8, 4) is 0 Å². The van der Waals surface area contributed by atoms with Gasteiger partial charge < -0.3 is 5.11 Å². The van der Waals surface area contributed by atoms with Gasteiger partial charge in [-0.3, -0.25) is 14.5 Å². The van der Waals surface area contributed by atoms with Crippen LogP contribution in [-0.2, 0) is 6.54 Å². The van der Waals surface area contributed by atoms with Gasteiger partial charge >= 0.3 is 0 Å². The highest BCUT2D eigenvalue weighted by Gasteiger charge is 2.28. The monoisotopic (exact) mass is 320 g/mol. The topological polar surface area (TPSA) is 44.5 Å². The molecule has 1 atom stereocenters. The average molecular weight is 320 g/mol. The van der Waals surface area contributed by atoms with Gasteiger partial charge in [-0.1, -0.05) is 0 Å². The standard InChI is InChI=1S/C18H32N4O/c1-15(2)22-12-17(10-19-22)11-20-7-3-4-18(13-20)21-8-5-16(14-23)6-9-21/h10,12,15-16,18,23H,3-9,11,13-14H2,1-2H3/t18-/m0/s1. The maximum absolute atomic E-state index is 9.30. The number of rotatable bonds is 5. The van der Waals surface area contributed by atoms with E-state index in [1.807, 2.05) is 6.20 Å². The fourth-order valence-corrected chi connectivity index (χ4v) is 3.97. The van der Waals surface area contributed by atoms with Gasteiger partial charge in [0.1, 0.15) is 0 Å². The number of hydrogen-bond acceptors (Lipinski definition) is 4. The van der Waals surface area contributed by atoms with Crippen molar-refractivity contribution in [1.82, 2.24) is 19.6 Å². The van der Waals surface area contributed by atoms with E-state index in [1.54, 1.807) is 0 Å². The summed E-state index contributed by atoms with van der Waals surface area (Å²) in [6, 6.07) is 1.13. The number of likely N-dealkylation sites (tertiary alicyclic amines) is 2. The Morgan fingerprint density at radius 1 is 1.22 bits per heavy atom. The fraction of sp³-hybridized carbons (Fsp3) is 0.833. The maximum atomic E-state index is 9.30. The van der Waals surface area contributed by atoms with Crippen LogP contribution in [0.15, 0.2) is 12.4 Å². The molecule has 0 amide bonds. The zero-order valence-electron chi connectivity index (χ0n) is 14.7. The van der Waals surface area contributed by atoms with Crippen LogP contribution in [-0.4, -0.2) is 63.5 Å². The Bertz CT molecular complexity index is 479. The molecule has 0 spiro atoms. The summed E-state index contributed by atoms with van der Waals surface area (Å²) in [7, 11) is 0. The zero-order chi connectivity index (χ0) is 16.2. The van der Waals surface area contributed by atoms with E-state index in [-0.39, 0.29) is 0 Å². The zero-order valence-corrected chi connectivity index (χ0v) is 14.7. The molecule has 3 rings (SSSR count). The van der Waals surface area contributed by atoms with Crippen LogP contribution in [0.25, 0.3) is 0 Å². The Hall–Kier alpha value is -0.910. The number of nitrogens with zero attached hydrogens (tertiary/aromatic N) is 4. The van der Waals surface area contributed by atoms with Crippen LogP contribution in [0, 0.1) is 5.92 Å². The quantitative estimate of drug-likeness (QED) is 0.903. The van der Waals surface area contributed by atoms with E-state index in [4.69, 9.17) is 0 Å². The van der Waals surface area contributed by atoms with E-state index in [0.717, 1.165) is 32.5 Å². The average Bonchev–Trinajstić information content (AvgIpc) is 3.04. The largest absolute Gasteiger partial charge is 0.396 e. The second-order valence-corrected chi connectivity index (χ2v) is 7.62. The summed E-state index contributed by atoms with van der Waals surface area (Å²) < 4.78 is 2.05. The van der Waals surface area contributed by atoms with Crippen LogP contribution >= 0.6 is 0 Å². The summed E-state index contributed by atoms with van der Waals surface area (Å²) in [4.78, 5) is 5.25. The van der Waals surface area contributed by atoms with E-state index >= 15 is 0 Å². The van der Waals surface area contributed by atoms with Gasteiger partial charge in [-0.05, 0) is 65.1 Å². The molecule has 5 nitrogen and oxygen atoms in total. The highest BCUT2D eigenvalue weighted by molar-refractivity contribution is 5.04. The third-order valence-electron chi connectivity index (χ3n) is 5.49. The number of aromatic nitrogens is 2. The fourth-order valence-electron chi connectivity index (χ4n) is 3.97. The molecule has 0 radical (unpaired) electrons. The minimum absolute atomic E-state index is 0.366. The molecule has 1 N–H and O–H groups in total. The Morgan fingerprint density at radius 2 is 2.00 bits per heavy atom. The van der Waals surface area contributed by atoms with Crippen molar-refractivity contribution in [3.05, 3.63) is 18.0 Å². The molecular formula is C18H32N4O. The molecule has 2 fully saturated rings. The lowest BCUT2D eigenvalue weighted by molar-refractivity contribution is 0.0544. The lowest BCUT2D eigenvalue weighted by Gasteiger charge is -2.42. The summed E-state index contributed by atoms with van der Waals surface area (Å²) in [5.74, 6) is 0.535. The molecule has 3 heterocycles. The molecule has 5 heteroatoms. The van der Waals surface area contributed by atoms with Crippen molar-refractivity contribution in [2.45, 2.75) is 58.2 Å². The van der Waals surface area contributed by atoms with E-state index < -0.39 is 0 Å². The molecule has 2 saturated heterocycles. The maximum Gasteiger partial charge on any atom is 0.0534 e. The number of aliphatic hydroxyl groups is 1. The predicted molar refractivity (Wildman–Crippen MR) is 92.3 cm³/mol. The molecule has 2 aliphatic heterocycles. The van der Waals surface area contributed by atoms with Crippen molar-refractivity contribution < 1.29 is 5.11 Å². The van der Waals surface area contributed by atoms with Crippen molar-refractivity contribution in [2.24, 2.45) is 5.92 Å². The Labute approximate surface area is 140 Å². The molecule has 1 aromatic rings. The molecule has 0 saturated carbocycles. The molecule has 130 valence electrons. The SMILES string of the molecule is CC(C)n1cc(CN2CCC[C@H](N3CCC(CO)CC3)C2)cn1. The molecular weight excluding hydrogens is 288 g/mol. The molecule has 0 unspecified atom stereocenters. The first-order valence-electron chi connectivity index (χ1n) is 9.26. The first-order valence-corrected chi connectivity index (χ1v) is 9.26. The highest BCUT2D eigenvalue weighted by Crippen LogP contribution is 2.24. The van der Waals surface area contributed by atoms with Gasteiger partial charge in [0, 0.05) is 43.5 Å². The van der Waals surface area contributed by atoms with E-state index in [2.05, 4.69) is 39.6 Å². The van der Waals surface area contributed by atoms with Crippen molar-refractivity contribution >= 4 is 0 Å². The number of aliphatic hydroxyl groups excluding tert-OH is 1. The molecule has 2 aliphatic rings. The van der Waals surface area contributed by atoms with E-state index in [1.165, 1.54) is 31.5 Å². The van der Waals surface area contributed by atoms with Crippen LogP contribution in [0.2, 0.25) is 0 Å². The van der Waals surface area contributed by atoms with Crippen LogP contribution in [0.4, 0.5) is 0 Å². The van der Waals surface area contributed by atoms with Crippen LogP contribution < -0.4 is 0 Å². The smallest absolute Gasteiger partial charge is 0.0534 e. The van der Waals surface area contributed by atoms with Gasteiger partial charge in [0.2, 0.25) is 0 Å². The molecule has 0 bridgehead atoms. The lowest BCUT2D eigenvalue weighted by Crippen LogP contribution is -2.50. The number of piperidine rings is 2. The summed E-state index contributed by atoms with van der Waals surface area (Å²) in [6.45, 7) is 10.4. The normalized spacial score (nSPS) is 25.3. The number of hydrogen-bond donors (Lipinski definition) is 1. The second kappa shape index (κ2) is 7.77. The van der Waals surface area contributed by atoms with Gasteiger partial charge in [0.15, 0.2) is 0 Å². The van der Waals surface area contributed by atoms with Crippen molar-refractivity contribution in [3.63, 3.8) is 0 Å². The van der Waals surface area contributed by atoms with Gasteiger partial charge in [0.25, 0.3) is 0 Å². The first-order chi connectivity index (χ1) is 11.2. The van der Waals surface area contributed by atoms with Crippen molar-refractivity contribution in [2.75, 3.05) is 32.8 Å². The minimum Gasteiger partial charge on any atom is -0.396 e. The highest BCUT2D eigenvalue weighted by atomic mass is 16.3. The summed E-state index contributed by atoms with van der Waals surface area (Å²) in [6.07, 6.45) is 9.16. The Kier molecular flexibility index (Phi) is 5.72. The molecule has 0 aliphatic carbocycles. The molecule has 1 aromatic heterocycles. The summed E-state index contributed by atoms with van der Waals surface area (Å²) in [5, 5.41) is 13.8. The molecule has 23 heavy (non-hydrogen) atoms. The third-order valence-corrected chi connectivity index (χ3v) is 5.49. The van der Waals surface area contributed by atoms with Gasteiger partial charge in [-0.2, -0.15) is 5.10 Å². The minimum atomic E-state index is 0.366. The van der Waals surface area contributed by atoms with Crippen LogP contribution in [0.3, 0.4) is 0 Å². The van der Waals surface area contributed by atoms with E-state index in [0.29, 0.717) is 24.6 Å². The second-order valence-electron chi connectivity index (χ2n) is 7.62. The van der Waals surface area contributed by atoms with Crippen molar-refractivity contribution in [1.29, 1.82) is 0 Å². The lowest BCUT2D eigenvalue weighted by atomic mass is 9.94. The van der Waals surface area contributed by atoms with Crippen LogP contribution in [0.5, 0.6) is 0 Å². The summed E-state index contributed by atoms with van der Waals surface area (Å²) >= 11 is 0. The van der Waals surface area contributed by atoms with Gasteiger partial charge in [0.05, 0.1) is 6.20 Å². The first kappa shape index (κ1) is 16.9. The van der Waals surface area contributed by atoms with E-state index in [9.17, 15) is 5.11 Å². The Morgan fingerprint density at radius 3 is 2.65 bits per heavy atom. The van der Waals surface area contributed by atoms with Gasteiger partial charge in [-0.15, -0.1) is 0 Å². The van der Waals surface area contributed by atoms with Crippen LogP contribution in [0.1, 0.15) is 51.1 Å². The third kappa shape index (κ3) is 4.34. The molecule has 0 aromatic carbocycles. The van der Waals surface area contributed by atoms with Gasteiger partial charge in [-0.25, -0.2) is 0 Å². The Balaban J connectivity index is 1.51.